The molecule has 1 saturated heterocycles. The molecular weight excluding hydrogens is 236 g/mol. The van der Waals surface area contributed by atoms with Gasteiger partial charge in [-0.15, -0.1) is 0 Å². The number of hydrogen-bond donors (Lipinski definition) is 1. The Bertz CT molecular complexity index is 451. The first-order valence-corrected chi connectivity index (χ1v) is 5.98. The highest BCUT2D eigenvalue weighted by Gasteiger charge is 2.23. The summed E-state index contributed by atoms with van der Waals surface area (Å²) in [6.45, 7) is 1.15. The lowest BCUT2D eigenvalue weighted by molar-refractivity contribution is 0.406. The van der Waals surface area contributed by atoms with Crippen molar-refractivity contribution in [3.8, 4) is 6.07 Å². The van der Waals surface area contributed by atoms with Crippen LogP contribution in [0.15, 0.2) is 12.1 Å². The van der Waals surface area contributed by atoms with Crippen molar-refractivity contribution in [1.29, 1.82) is 5.26 Å². The molecule has 1 aliphatic rings. The fraction of sp³-hybridized carbons (Fsp3) is 0.462. The van der Waals surface area contributed by atoms with Gasteiger partial charge >= 0.3 is 0 Å². The molecule has 0 aliphatic carbocycles. The van der Waals surface area contributed by atoms with Crippen LogP contribution in [0.4, 0.5) is 20.2 Å². The summed E-state index contributed by atoms with van der Waals surface area (Å²) in [7, 11) is 0. The van der Waals surface area contributed by atoms with Crippen molar-refractivity contribution in [2.45, 2.75) is 19.3 Å². The largest absolute Gasteiger partial charge is 0.399 e. The molecule has 96 valence electrons. The molecule has 2 N–H and O–H groups in total. The van der Waals surface area contributed by atoms with Crippen molar-refractivity contribution >= 4 is 11.4 Å². The van der Waals surface area contributed by atoms with Crippen molar-refractivity contribution in [3.05, 3.63) is 23.8 Å². The Balaban J connectivity index is 2.13. The topological polar surface area (TPSA) is 53.0 Å². The van der Waals surface area contributed by atoms with Gasteiger partial charge in [0.25, 0.3) is 0 Å². The molecule has 0 amide bonds. The summed E-state index contributed by atoms with van der Waals surface area (Å²) in [6.07, 6.45) is 2.09. The quantitative estimate of drug-likeness (QED) is 0.822. The second kappa shape index (κ2) is 5.21. The van der Waals surface area contributed by atoms with Crippen LogP contribution in [0.25, 0.3) is 0 Å². The predicted octanol–water partition coefficient (Wildman–Crippen LogP) is 2.68. The molecule has 3 nitrogen and oxygen atoms in total. The van der Waals surface area contributed by atoms with E-state index in [1.165, 1.54) is 0 Å². The van der Waals surface area contributed by atoms with Crippen LogP contribution >= 0.6 is 0 Å². The number of nitriles is 1. The normalized spacial score (nSPS) is 16.6. The molecule has 2 rings (SSSR count). The molecule has 0 spiro atoms. The molecule has 0 aromatic heterocycles. The summed E-state index contributed by atoms with van der Waals surface area (Å²) in [6, 6.07) is 4.42. The standard InChI is InChI=1S/C13H15F2N3/c14-11-7-10(17)8-12(15)13(11)18-5-2-9(1-4-16)3-6-18/h7-9H,1-3,5-6,17H2. The maximum Gasteiger partial charge on any atom is 0.151 e. The van der Waals surface area contributed by atoms with Crippen LogP contribution < -0.4 is 10.6 Å². The van der Waals surface area contributed by atoms with E-state index in [9.17, 15) is 8.78 Å². The van der Waals surface area contributed by atoms with Crippen molar-refractivity contribution < 1.29 is 8.78 Å². The second-order valence-electron chi connectivity index (χ2n) is 4.63. The first-order chi connectivity index (χ1) is 8.61. The molecule has 0 unspecified atom stereocenters. The number of piperidine rings is 1. The highest BCUT2D eigenvalue weighted by atomic mass is 19.1. The van der Waals surface area contributed by atoms with Gasteiger partial charge in [-0.1, -0.05) is 0 Å². The first kappa shape index (κ1) is 12.6. The minimum absolute atomic E-state index is 0.000363. The van der Waals surface area contributed by atoms with Crippen molar-refractivity contribution in [3.63, 3.8) is 0 Å². The van der Waals surface area contributed by atoms with Gasteiger partial charge in [-0.2, -0.15) is 5.26 Å². The summed E-state index contributed by atoms with van der Waals surface area (Å²) in [5.41, 5.74) is 5.48. The van der Waals surface area contributed by atoms with Crippen LogP contribution in [0.1, 0.15) is 19.3 Å². The lowest BCUT2D eigenvalue weighted by Gasteiger charge is -2.33. The summed E-state index contributed by atoms with van der Waals surface area (Å²) in [5, 5.41) is 8.62. The van der Waals surface area contributed by atoms with E-state index in [-0.39, 0.29) is 11.4 Å². The molecule has 5 heteroatoms. The van der Waals surface area contributed by atoms with Crippen LogP contribution in [0.5, 0.6) is 0 Å². The van der Waals surface area contributed by atoms with Crippen molar-refractivity contribution in [2.24, 2.45) is 5.92 Å². The van der Waals surface area contributed by atoms with Crippen LogP contribution in [0, 0.1) is 28.9 Å². The van der Waals surface area contributed by atoms with Gasteiger partial charge in [0.1, 0.15) is 5.69 Å². The van der Waals surface area contributed by atoms with Gasteiger partial charge in [-0.05, 0) is 30.9 Å². The van der Waals surface area contributed by atoms with E-state index in [1.807, 2.05) is 0 Å². The number of benzene rings is 1. The van der Waals surface area contributed by atoms with E-state index in [2.05, 4.69) is 6.07 Å². The summed E-state index contributed by atoms with van der Waals surface area (Å²) < 4.78 is 27.5. The fourth-order valence-electron chi connectivity index (χ4n) is 2.38. The van der Waals surface area contributed by atoms with Gasteiger partial charge in [-0.25, -0.2) is 8.78 Å². The molecule has 1 aromatic carbocycles. The smallest absolute Gasteiger partial charge is 0.151 e. The molecule has 1 aliphatic heterocycles. The van der Waals surface area contributed by atoms with E-state index in [0.29, 0.717) is 25.4 Å². The number of nitrogen functional groups attached to an aromatic ring is 1. The van der Waals surface area contributed by atoms with Gasteiger partial charge in [0.15, 0.2) is 11.6 Å². The van der Waals surface area contributed by atoms with E-state index in [4.69, 9.17) is 11.0 Å². The lowest BCUT2D eigenvalue weighted by Crippen LogP contribution is -2.34. The summed E-state index contributed by atoms with van der Waals surface area (Å²) in [5.74, 6) is -0.899. The molecule has 0 saturated carbocycles. The number of rotatable bonds is 2. The van der Waals surface area contributed by atoms with E-state index < -0.39 is 11.6 Å². The highest BCUT2D eigenvalue weighted by Crippen LogP contribution is 2.30. The molecule has 1 heterocycles. The number of anilines is 2. The average Bonchev–Trinajstić information content (AvgIpc) is 2.30. The lowest BCUT2D eigenvalue weighted by atomic mass is 9.94. The second-order valence-corrected chi connectivity index (χ2v) is 4.63. The average molecular weight is 251 g/mol. The zero-order valence-corrected chi connectivity index (χ0v) is 10.00. The van der Waals surface area contributed by atoms with Crippen molar-refractivity contribution in [2.75, 3.05) is 23.7 Å². The summed E-state index contributed by atoms with van der Waals surface area (Å²) >= 11 is 0. The Labute approximate surface area is 105 Å². The Kier molecular flexibility index (Phi) is 3.66. The van der Waals surface area contributed by atoms with Crippen molar-refractivity contribution in [1.82, 2.24) is 0 Å². The maximum absolute atomic E-state index is 13.7. The SMILES string of the molecule is N#CCC1CCN(c2c(F)cc(N)cc2F)CC1. The third kappa shape index (κ3) is 2.53. The molecule has 0 radical (unpaired) electrons. The Morgan fingerprint density at radius 3 is 2.33 bits per heavy atom. The number of nitrogens with zero attached hydrogens (tertiary/aromatic N) is 2. The molecule has 1 aromatic rings. The van der Waals surface area contributed by atoms with Crippen LogP contribution in [-0.2, 0) is 0 Å². The minimum Gasteiger partial charge on any atom is -0.399 e. The third-order valence-corrected chi connectivity index (χ3v) is 3.35. The zero-order chi connectivity index (χ0) is 13.1. The predicted molar refractivity (Wildman–Crippen MR) is 65.9 cm³/mol. The zero-order valence-electron chi connectivity index (χ0n) is 10.00. The molecule has 0 bridgehead atoms. The van der Waals surface area contributed by atoms with Crippen LogP contribution in [0.2, 0.25) is 0 Å². The summed E-state index contributed by atoms with van der Waals surface area (Å²) in [4.78, 5) is 1.69. The Morgan fingerprint density at radius 1 is 1.28 bits per heavy atom. The molecule has 0 atom stereocenters. The molecule has 18 heavy (non-hydrogen) atoms. The fourth-order valence-corrected chi connectivity index (χ4v) is 2.38. The highest BCUT2D eigenvalue weighted by molar-refractivity contribution is 5.56. The van der Waals surface area contributed by atoms with Gasteiger partial charge in [-0.3, -0.25) is 0 Å². The van der Waals surface area contributed by atoms with Gasteiger partial charge in [0.05, 0.1) is 6.07 Å². The maximum atomic E-state index is 13.7. The van der Waals surface area contributed by atoms with E-state index >= 15 is 0 Å². The van der Waals surface area contributed by atoms with Crippen LogP contribution in [0.3, 0.4) is 0 Å². The Morgan fingerprint density at radius 2 is 1.83 bits per heavy atom. The number of hydrogen-bond acceptors (Lipinski definition) is 3. The molecule has 1 fully saturated rings. The monoisotopic (exact) mass is 251 g/mol. The van der Waals surface area contributed by atoms with Gasteiger partial charge < -0.3 is 10.6 Å². The van der Waals surface area contributed by atoms with E-state index in [1.54, 1.807) is 4.90 Å². The number of nitrogens with two attached hydrogens (primary N) is 1. The van der Waals surface area contributed by atoms with Crippen LogP contribution in [-0.4, -0.2) is 13.1 Å². The van der Waals surface area contributed by atoms with Gasteiger partial charge in [0.2, 0.25) is 0 Å². The Hall–Kier alpha value is -1.83. The van der Waals surface area contributed by atoms with Gasteiger partial charge in [0, 0.05) is 25.2 Å². The minimum atomic E-state index is -0.619. The number of halogens is 2. The van der Waals surface area contributed by atoms with E-state index in [0.717, 1.165) is 25.0 Å². The molecular formula is C13H15F2N3. The third-order valence-electron chi connectivity index (χ3n) is 3.35. The first-order valence-electron chi connectivity index (χ1n) is 5.98.